The number of anilines is 1. The van der Waals surface area contributed by atoms with Crippen molar-refractivity contribution in [2.24, 2.45) is 0 Å². The van der Waals surface area contributed by atoms with Gasteiger partial charge in [-0.25, -0.2) is 0 Å². The standard InChI is InChI=1S/C23H23N3O5/c1-29-17-9-10-20(30-2)18(12-17)21-13-19(25-31-21)23(28)24-14-15-5-7-16(8-6-15)26-11-3-4-22(26)27/h5-10,12-13H,3-4,11,14H2,1-2H3,(H,24,28). The van der Waals surface area contributed by atoms with E-state index in [1.54, 1.807) is 43.4 Å². The van der Waals surface area contributed by atoms with E-state index in [2.05, 4.69) is 10.5 Å². The zero-order chi connectivity index (χ0) is 21.8. The van der Waals surface area contributed by atoms with Crippen LogP contribution in [0.2, 0.25) is 0 Å². The molecule has 0 bridgehead atoms. The average Bonchev–Trinajstić information content (AvgIpc) is 3.47. The summed E-state index contributed by atoms with van der Waals surface area (Å²) >= 11 is 0. The first-order valence-electron chi connectivity index (χ1n) is 9.95. The lowest BCUT2D eigenvalue weighted by atomic mass is 10.1. The normalized spacial score (nSPS) is 13.4. The molecule has 1 aliphatic heterocycles. The molecule has 0 unspecified atom stereocenters. The van der Waals surface area contributed by atoms with Crippen molar-refractivity contribution >= 4 is 17.5 Å². The van der Waals surface area contributed by atoms with E-state index in [4.69, 9.17) is 14.0 Å². The smallest absolute Gasteiger partial charge is 0.273 e. The lowest BCUT2D eigenvalue weighted by molar-refractivity contribution is -0.117. The van der Waals surface area contributed by atoms with E-state index in [9.17, 15) is 9.59 Å². The second-order valence-electron chi connectivity index (χ2n) is 7.14. The van der Waals surface area contributed by atoms with Crippen molar-refractivity contribution in [1.82, 2.24) is 10.5 Å². The number of aromatic nitrogens is 1. The van der Waals surface area contributed by atoms with Crippen LogP contribution in [0.3, 0.4) is 0 Å². The maximum absolute atomic E-state index is 12.5. The van der Waals surface area contributed by atoms with Gasteiger partial charge in [0.1, 0.15) is 11.5 Å². The molecule has 8 heteroatoms. The minimum Gasteiger partial charge on any atom is -0.497 e. The van der Waals surface area contributed by atoms with Crippen LogP contribution in [0.5, 0.6) is 11.5 Å². The molecule has 0 aliphatic carbocycles. The Balaban J connectivity index is 1.41. The van der Waals surface area contributed by atoms with Gasteiger partial charge in [0.05, 0.1) is 19.8 Å². The van der Waals surface area contributed by atoms with E-state index in [0.29, 0.717) is 35.8 Å². The van der Waals surface area contributed by atoms with Gasteiger partial charge in [-0.1, -0.05) is 17.3 Å². The summed E-state index contributed by atoms with van der Waals surface area (Å²) < 4.78 is 16.0. The number of carbonyl (C=O) groups excluding carboxylic acids is 2. The predicted molar refractivity (Wildman–Crippen MR) is 114 cm³/mol. The molecule has 1 fully saturated rings. The highest BCUT2D eigenvalue weighted by atomic mass is 16.5. The molecule has 8 nitrogen and oxygen atoms in total. The fourth-order valence-electron chi connectivity index (χ4n) is 3.50. The lowest BCUT2D eigenvalue weighted by Gasteiger charge is -2.16. The van der Waals surface area contributed by atoms with Crippen LogP contribution >= 0.6 is 0 Å². The predicted octanol–water partition coefficient (Wildman–Crippen LogP) is 3.42. The fourth-order valence-corrected chi connectivity index (χ4v) is 3.50. The largest absolute Gasteiger partial charge is 0.497 e. The van der Waals surface area contributed by atoms with Gasteiger partial charge in [-0.3, -0.25) is 9.59 Å². The zero-order valence-corrected chi connectivity index (χ0v) is 17.4. The molecular weight excluding hydrogens is 398 g/mol. The van der Waals surface area contributed by atoms with Crippen molar-refractivity contribution < 1.29 is 23.6 Å². The number of ether oxygens (including phenoxy) is 2. The van der Waals surface area contributed by atoms with Crippen LogP contribution < -0.4 is 19.7 Å². The molecule has 1 N–H and O–H groups in total. The molecule has 0 spiro atoms. The Morgan fingerprint density at radius 3 is 2.61 bits per heavy atom. The van der Waals surface area contributed by atoms with E-state index in [-0.39, 0.29) is 17.5 Å². The summed E-state index contributed by atoms with van der Waals surface area (Å²) in [5, 5.41) is 6.71. The Kier molecular flexibility index (Phi) is 5.88. The summed E-state index contributed by atoms with van der Waals surface area (Å²) in [6, 6.07) is 14.4. The number of nitrogens with one attached hydrogen (secondary N) is 1. The van der Waals surface area contributed by atoms with Crippen molar-refractivity contribution in [2.45, 2.75) is 19.4 Å². The molecule has 0 atom stereocenters. The average molecular weight is 421 g/mol. The highest BCUT2D eigenvalue weighted by Gasteiger charge is 2.21. The van der Waals surface area contributed by atoms with Gasteiger partial charge < -0.3 is 24.2 Å². The van der Waals surface area contributed by atoms with Crippen LogP contribution in [0.1, 0.15) is 28.9 Å². The first kappa shape index (κ1) is 20.5. The Hall–Kier alpha value is -3.81. The summed E-state index contributed by atoms with van der Waals surface area (Å²) in [4.78, 5) is 26.2. The molecule has 1 saturated heterocycles. The molecule has 1 aliphatic rings. The van der Waals surface area contributed by atoms with Gasteiger partial charge in [0.25, 0.3) is 5.91 Å². The van der Waals surface area contributed by atoms with E-state index in [0.717, 1.165) is 24.2 Å². The number of amides is 2. The topological polar surface area (TPSA) is 93.9 Å². The number of nitrogens with zero attached hydrogens (tertiary/aromatic N) is 2. The number of hydrogen-bond acceptors (Lipinski definition) is 6. The highest BCUT2D eigenvalue weighted by molar-refractivity contribution is 5.95. The molecule has 3 aromatic rings. The van der Waals surface area contributed by atoms with Crippen molar-refractivity contribution in [3.8, 4) is 22.8 Å². The quantitative estimate of drug-likeness (QED) is 0.628. The molecule has 2 aromatic carbocycles. The molecule has 2 heterocycles. The number of hydrogen-bond donors (Lipinski definition) is 1. The Bertz CT molecular complexity index is 1090. The Labute approximate surface area is 179 Å². The number of methoxy groups -OCH3 is 2. The van der Waals surface area contributed by atoms with Crippen molar-refractivity contribution in [1.29, 1.82) is 0 Å². The third-order valence-corrected chi connectivity index (χ3v) is 5.19. The van der Waals surface area contributed by atoms with Gasteiger partial charge in [-0.05, 0) is 42.3 Å². The minimum atomic E-state index is -0.351. The Morgan fingerprint density at radius 2 is 1.94 bits per heavy atom. The van der Waals surface area contributed by atoms with Crippen LogP contribution in [0.15, 0.2) is 53.1 Å². The van der Waals surface area contributed by atoms with E-state index in [1.165, 1.54) is 0 Å². The second-order valence-corrected chi connectivity index (χ2v) is 7.14. The van der Waals surface area contributed by atoms with Crippen molar-refractivity contribution in [3.05, 3.63) is 59.8 Å². The highest BCUT2D eigenvalue weighted by Crippen LogP contribution is 2.33. The molecular formula is C23H23N3O5. The lowest BCUT2D eigenvalue weighted by Crippen LogP contribution is -2.24. The molecule has 0 saturated carbocycles. The van der Waals surface area contributed by atoms with Crippen LogP contribution in [0, 0.1) is 0 Å². The van der Waals surface area contributed by atoms with Crippen molar-refractivity contribution in [2.75, 3.05) is 25.7 Å². The van der Waals surface area contributed by atoms with Gasteiger partial charge in [0, 0.05) is 31.3 Å². The second kappa shape index (κ2) is 8.91. The van der Waals surface area contributed by atoms with Gasteiger partial charge in [0.2, 0.25) is 5.91 Å². The van der Waals surface area contributed by atoms with Crippen LogP contribution in [-0.2, 0) is 11.3 Å². The SMILES string of the molecule is COc1ccc(OC)c(-c2cc(C(=O)NCc3ccc(N4CCCC4=O)cc3)no2)c1. The zero-order valence-electron chi connectivity index (χ0n) is 17.4. The maximum atomic E-state index is 12.5. The minimum absolute atomic E-state index is 0.149. The number of benzene rings is 2. The van der Waals surface area contributed by atoms with Crippen LogP contribution in [-0.4, -0.2) is 37.7 Å². The molecule has 2 amide bonds. The van der Waals surface area contributed by atoms with Gasteiger partial charge in [-0.15, -0.1) is 0 Å². The maximum Gasteiger partial charge on any atom is 0.273 e. The number of carbonyl (C=O) groups is 2. The van der Waals surface area contributed by atoms with Crippen LogP contribution in [0.25, 0.3) is 11.3 Å². The van der Waals surface area contributed by atoms with Crippen LogP contribution in [0.4, 0.5) is 5.69 Å². The Morgan fingerprint density at radius 1 is 1.13 bits per heavy atom. The summed E-state index contributed by atoms with van der Waals surface area (Å²) in [6.45, 7) is 1.08. The van der Waals surface area contributed by atoms with E-state index in [1.807, 2.05) is 24.3 Å². The first-order valence-corrected chi connectivity index (χ1v) is 9.95. The molecule has 4 rings (SSSR count). The number of rotatable bonds is 7. The summed E-state index contributed by atoms with van der Waals surface area (Å²) in [5.74, 6) is 1.42. The van der Waals surface area contributed by atoms with Gasteiger partial charge in [0.15, 0.2) is 11.5 Å². The molecule has 160 valence electrons. The van der Waals surface area contributed by atoms with E-state index < -0.39 is 0 Å². The van der Waals surface area contributed by atoms with E-state index >= 15 is 0 Å². The monoisotopic (exact) mass is 421 g/mol. The fraction of sp³-hybridized carbons (Fsp3) is 0.261. The molecule has 31 heavy (non-hydrogen) atoms. The molecule has 0 radical (unpaired) electrons. The third kappa shape index (κ3) is 4.37. The third-order valence-electron chi connectivity index (χ3n) is 5.19. The molecule has 1 aromatic heterocycles. The summed E-state index contributed by atoms with van der Waals surface area (Å²) in [5.41, 5.74) is 2.60. The van der Waals surface area contributed by atoms with Gasteiger partial charge in [-0.2, -0.15) is 0 Å². The van der Waals surface area contributed by atoms with Crippen molar-refractivity contribution in [3.63, 3.8) is 0 Å². The summed E-state index contributed by atoms with van der Waals surface area (Å²) in [7, 11) is 3.13. The summed E-state index contributed by atoms with van der Waals surface area (Å²) in [6.07, 6.45) is 1.48. The van der Waals surface area contributed by atoms with Gasteiger partial charge >= 0.3 is 0 Å². The first-order chi connectivity index (χ1) is 15.1.